The number of ether oxygens (including phenoxy) is 1. The Morgan fingerprint density at radius 2 is 1.68 bits per heavy atom. The SMILES string of the molecule is COc1ccc(C(=O)NC(C(=O)Nc2cccc(C(=O)NCc3ccccn3)c2)C(C)C)cc1. The molecule has 0 fully saturated rings. The normalized spacial score (nSPS) is 11.4. The molecule has 2 aromatic carbocycles. The van der Waals surface area contributed by atoms with Crippen LogP contribution in [-0.4, -0.2) is 35.9 Å². The maximum atomic E-state index is 13.0. The van der Waals surface area contributed by atoms with Crippen molar-refractivity contribution in [2.75, 3.05) is 12.4 Å². The van der Waals surface area contributed by atoms with E-state index in [-0.39, 0.29) is 23.6 Å². The molecule has 0 aliphatic carbocycles. The number of hydrogen-bond donors (Lipinski definition) is 3. The van der Waals surface area contributed by atoms with Gasteiger partial charge in [-0.1, -0.05) is 26.0 Å². The van der Waals surface area contributed by atoms with Crippen LogP contribution in [0, 0.1) is 5.92 Å². The average Bonchev–Trinajstić information content (AvgIpc) is 2.86. The number of nitrogens with one attached hydrogen (secondary N) is 3. The Hall–Kier alpha value is -4.20. The van der Waals surface area contributed by atoms with Gasteiger partial charge in [-0.25, -0.2) is 0 Å². The molecule has 3 amide bonds. The lowest BCUT2D eigenvalue weighted by Gasteiger charge is -2.22. The van der Waals surface area contributed by atoms with Crippen LogP contribution in [0.15, 0.2) is 72.9 Å². The fourth-order valence-electron chi connectivity index (χ4n) is 3.24. The fourth-order valence-corrected chi connectivity index (χ4v) is 3.24. The number of nitrogens with zero attached hydrogens (tertiary/aromatic N) is 1. The molecular formula is C26H28N4O4. The van der Waals surface area contributed by atoms with Crippen LogP contribution < -0.4 is 20.7 Å². The first-order valence-corrected chi connectivity index (χ1v) is 10.9. The van der Waals surface area contributed by atoms with E-state index in [9.17, 15) is 14.4 Å². The summed E-state index contributed by atoms with van der Waals surface area (Å²) < 4.78 is 5.11. The van der Waals surface area contributed by atoms with E-state index in [1.165, 1.54) is 0 Å². The molecule has 176 valence electrons. The summed E-state index contributed by atoms with van der Waals surface area (Å²) in [5.41, 5.74) is 2.02. The number of anilines is 1. The van der Waals surface area contributed by atoms with Gasteiger partial charge in [-0.2, -0.15) is 0 Å². The third kappa shape index (κ3) is 6.65. The van der Waals surface area contributed by atoms with E-state index >= 15 is 0 Å². The average molecular weight is 461 g/mol. The first-order valence-electron chi connectivity index (χ1n) is 10.9. The molecule has 0 spiro atoms. The molecule has 0 saturated carbocycles. The predicted molar refractivity (Wildman–Crippen MR) is 130 cm³/mol. The van der Waals surface area contributed by atoms with E-state index in [0.717, 1.165) is 5.69 Å². The molecular weight excluding hydrogens is 432 g/mol. The molecule has 0 aliphatic rings. The maximum Gasteiger partial charge on any atom is 0.251 e. The van der Waals surface area contributed by atoms with Crippen molar-refractivity contribution in [1.29, 1.82) is 0 Å². The van der Waals surface area contributed by atoms with Gasteiger partial charge in [0, 0.05) is 23.0 Å². The van der Waals surface area contributed by atoms with Crippen LogP contribution in [0.3, 0.4) is 0 Å². The number of amides is 3. The minimum atomic E-state index is -0.767. The second-order valence-corrected chi connectivity index (χ2v) is 8.00. The van der Waals surface area contributed by atoms with Gasteiger partial charge in [0.25, 0.3) is 11.8 Å². The zero-order valence-electron chi connectivity index (χ0n) is 19.4. The van der Waals surface area contributed by atoms with E-state index in [1.54, 1.807) is 67.9 Å². The third-order valence-electron chi connectivity index (χ3n) is 5.14. The molecule has 1 atom stereocenters. The van der Waals surface area contributed by atoms with Gasteiger partial charge in [0.05, 0.1) is 19.3 Å². The quantitative estimate of drug-likeness (QED) is 0.453. The topological polar surface area (TPSA) is 109 Å². The largest absolute Gasteiger partial charge is 0.497 e. The van der Waals surface area contributed by atoms with Gasteiger partial charge in [-0.05, 0) is 60.5 Å². The summed E-state index contributed by atoms with van der Waals surface area (Å²) in [5.74, 6) is -0.539. The number of methoxy groups -OCH3 is 1. The lowest BCUT2D eigenvalue weighted by molar-refractivity contribution is -0.118. The van der Waals surface area contributed by atoms with Crippen LogP contribution >= 0.6 is 0 Å². The van der Waals surface area contributed by atoms with Gasteiger partial charge in [-0.3, -0.25) is 19.4 Å². The van der Waals surface area contributed by atoms with Crippen LogP contribution in [-0.2, 0) is 11.3 Å². The van der Waals surface area contributed by atoms with Crippen LogP contribution in [0.1, 0.15) is 40.3 Å². The highest BCUT2D eigenvalue weighted by Gasteiger charge is 2.25. The number of aromatic nitrogens is 1. The number of benzene rings is 2. The zero-order chi connectivity index (χ0) is 24.5. The highest BCUT2D eigenvalue weighted by Crippen LogP contribution is 2.15. The summed E-state index contributed by atoms with van der Waals surface area (Å²) >= 11 is 0. The Bertz CT molecular complexity index is 1130. The molecule has 3 aromatic rings. The minimum Gasteiger partial charge on any atom is -0.497 e. The van der Waals surface area contributed by atoms with Crippen LogP contribution in [0.2, 0.25) is 0 Å². The minimum absolute atomic E-state index is 0.160. The van der Waals surface area contributed by atoms with Crippen molar-refractivity contribution in [3.05, 3.63) is 89.7 Å². The number of rotatable bonds is 9. The second-order valence-electron chi connectivity index (χ2n) is 8.00. The molecule has 0 aliphatic heterocycles. The zero-order valence-corrected chi connectivity index (χ0v) is 19.4. The van der Waals surface area contributed by atoms with Crippen molar-refractivity contribution >= 4 is 23.4 Å². The van der Waals surface area contributed by atoms with Crippen molar-refractivity contribution in [2.45, 2.75) is 26.4 Å². The molecule has 8 heteroatoms. The first-order chi connectivity index (χ1) is 16.4. The molecule has 3 rings (SSSR count). The molecule has 3 N–H and O–H groups in total. The molecule has 8 nitrogen and oxygen atoms in total. The summed E-state index contributed by atoms with van der Waals surface area (Å²) in [6.07, 6.45) is 1.66. The standard InChI is InChI=1S/C26H28N4O4/c1-17(2)23(30-25(32)18-10-12-22(34-3)13-11-18)26(33)29-20-9-6-7-19(15-20)24(31)28-16-21-8-4-5-14-27-21/h4-15,17,23H,16H2,1-3H3,(H,28,31)(H,29,33)(H,30,32). The van der Waals surface area contributed by atoms with Gasteiger partial charge < -0.3 is 20.7 Å². The fraction of sp³-hybridized carbons (Fsp3) is 0.231. The van der Waals surface area contributed by atoms with E-state index < -0.39 is 6.04 Å². The summed E-state index contributed by atoms with van der Waals surface area (Å²) in [6.45, 7) is 3.99. The monoisotopic (exact) mass is 460 g/mol. The Morgan fingerprint density at radius 3 is 2.32 bits per heavy atom. The second kappa shape index (κ2) is 11.6. The number of hydrogen-bond acceptors (Lipinski definition) is 5. The molecule has 0 saturated heterocycles. The summed E-state index contributed by atoms with van der Waals surface area (Å²) in [5, 5.41) is 8.40. The van der Waals surface area contributed by atoms with Gasteiger partial charge in [0.1, 0.15) is 11.8 Å². The third-order valence-corrected chi connectivity index (χ3v) is 5.14. The highest BCUT2D eigenvalue weighted by molar-refractivity contribution is 6.02. The van der Waals surface area contributed by atoms with Gasteiger partial charge >= 0.3 is 0 Å². The van der Waals surface area contributed by atoms with Crippen LogP contribution in [0.5, 0.6) is 5.75 Å². The maximum absolute atomic E-state index is 13.0. The summed E-state index contributed by atoms with van der Waals surface area (Å²) in [7, 11) is 1.55. The summed E-state index contributed by atoms with van der Waals surface area (Å²) in [6, 6.07) is 18.0. The smallest absolute Gasteiger partial charge is 0.251 e. The molecule has 1 heterocycles. The molecule has 1 unspecified atom stereocenters. The van der Waals surface area contributed by atoms with E-state index in [1.807, 2.05) is 26.0 Å². The molecule has 1 aromatic heterocycles. The van der Waals surface area contributed by atoms with Crippen molar-refractivity contribution in [3.63, 3.8) is 0 Å². The van der Waals surface area contributed by atoms with E-state index in [0.29, 0.717) is 29.1 Å². The molecule has 0 bridgehead atoms. The first kappa shape index (κ1) is 24.4. The Labute approximate surface area is 198 Å². The van der Waals surface area contributed by atoms with E-state index in [2.05, 4.69) is 20.9 Å². The highest BCUT2D eigenvalue weighted by atomic mass is 16.5. The van der Waals surface area contributed by atoms with Crippen molar-refractivity contribution in [2.24, 2.45) is 5.92 Å². The predicted octanol–water partition coefficient (Wildman–Crippen LogP) is 3.41. The van der Waals surface area contributed by atoms with Gasteiger partial charge in [-0.15, -0.1) is 0 Å². The van der Waals surface area contributed by atoms with Crippen molar-refractivity contribution < 1.29 is 19.1 Å². The Balaban J connectivity index is 1.63. The number of carbonyl (C=O) groups is 3. The van der Waals surface area contributed by atoms with Crippen LogP contribution in [0.25, 0.3) is 0 Å². The lowest BCUT2D eigenvalue weighted by atomic mass is 10.0. The molecule has 0 radical (unpaired) electrons. The Morgan fingerprint density at radius 1 is 0.912 bits per heavy atom. The van der Waals surface area contributed by atoms with E-state index in [4.69, 9.17) is 4.74 Å². The lowest BCUT2D eigenvalue weighted by Crippen LogP contribution is -2.47. The summed E-state index contributed by atoms with van der Waals surface area (Å²) in [4.78, 5) is 42.3. The van der Waals surface area contributed by atoms with Gasteiger partial charge in [0.15, 0.2) is 0 Å². The van der Waals surface area contributed by atoms with Crippen LogP contribution in [0.4, 0.5) is 5.69 Å². The Kier molecular flexibility index (Phi) is 8.34. The van der Waals surface area contributed by atoms with Crippen molar-refractivity contribution in [1.82, 2.24) is 15.6 Å². The number of pyridine rings is 1. The molecule has 34 heavy (non-hydrogen) atoms. The van der Waals surface area contributed by atoms with Crippen molar-refractivity contribution in [3.8, 4) is 5.75 Å². The van der Waals surface area contributed by atoms with Gasteiger partial charge in [0.2, 0.25) is 5.91 Å². The number of carbonyl (C=O) groups excluding carboxylic acids is 3.